The van der Waals surface area contributed by atoms with E-state index in [0.717, 1.165) is 17.3 Å². The highest BCUT2D eigenvalue weighted by molar-refractivity contribution is 8.13. The molecule has 0 saturated heterocycles. The zero-order chi connectivity index (χ0) is 19.1. The Kier molecular flexibility index (Phi) is 6.75. The van der Waals surface area contributed by atoms with Gasteiger partial charge in [-0.3, -0.25) is 10.1 Å². The van der Waals surface area contributed by atoms with Crippen molar-refractivity contribution in [1.82, 2.24) is 15.3 Å². The van der Waals surface area contributed by atoms with Gasteiger partial charge < -0.3 is 16.2 Å². The Bertz CT molecular complexity index is 847. The number of aromatic nitrogens is 2. The first-order valence-corrected chi connectivity index (χ1v) is 8.74. The van der Waals surface area contributed by atoms with Gasteiger partial charge in [-0.15, -0.1) is 0 Å². The number of thioether (sulfide) groups is 1. The highest BCUT2D eigenvalue weighted by Gasteiger charge is 2.18. The molecular formula is C15H15ClN6O3S. The van der Waals surface area contributed by atoms with Gasteiger partial charge in [0, 0.05) is 0 Å². The standard InChI is InChI=1S/C15H15ClN6O3S/c1-26-14(22-15(24)25-7-8-5-3-2-4-6-8)21-13(23)9-11(17)20-12(18)10(16)19-9/h2-6H,7H2,1H3,(H4,17,18,20)(H,21,22,23,24). The molecule has 9 nitrogen and oxygen atoms in total. The van der Waals surface area contributed by atoms with Crippen LogP contribution in [0.2, 0.25) is 5.15 Å². The van der Waals surface area contributed by atoms with Crippen molar-refractivity contribution in [2.24, 2.45) is 4.99 Å². The van der Waals surface area contributed by atoms with Gasteiger partial charge in [0.25, 0.3) is 5.91 Å². The monoisotopic (exact) mass is 394 g/mol. The lowest BCUT2D eigenvalue weighted by Crippen LogP contribution is -2.31. The van der Waals surface area contributed by atoms with Crippen molar-refractivity contribution in [3.63, 3.8) is 0 Å². The van der Waals surface area contributed by atoms with Crippen molar-refractivity contribution in [2.45, 2.75) is 6.61 Å². The van der Waals surface area contributed by atoms with Gasteiger partial charge in [0.05, 0.1) is 0 Å². The first-order valence-electron chi connectivity index (χ1n) is 7.14. The summed E-state index contributed by atoms with van der Waals surface area (Å²) in [6.45, 7) is 0.0603. The number of anilines is 2. The molecule has 2 amide bonds. The van der Waals surface area contributed by atoms with E-state index in [2.05, 4.69) is 20.3 Å². The van der Waals surface area contributed by atoms with Crippen LogP contribution < -0.4 is 16.8 Å². The lowest BCUT2D eigenvalue weighted by Gasteiger charge is -2.08. The fraction of sp³-hybridized carbons (Fsp3) is 0.133. The minimum atomic E-state index is -0.854. The molecule has 0 radical (unpaired) electrons. The number of nitrogens with zero attached hydrogens (tertiary/aromatic N) is 3. The van der Waals surface area contributed by atoms with Gasteiger partial charge in [-0.25, -0.2) is 14.8 Å². The van der Waals surface area contributed by atoms with Crippen molar-refractivity contribution in [3.8, 4) is 0 Å². The number of rotatable bonds is 3. The molecule has 0 aliphatic heterocycles. The third-order valence-corrected chi connectivity index (χ3v) is 3.79. The quantitative estimate of drug-likeness (QED) is 0.529. The Morgan fingerprint density at radius 1 is 1.23 bits per heavy atom. The van der Waals surface area contributed by atoms with E-state index in [4.69, 9.17) is 27.8 Å². The van der Waals surface area contributed by atoms with E-state index in [9.17, 15) is 9.59 Å². The third kappa shape index (κ3) is 5.33. The molecule has 136 valence electrons. The number of ether oxygens (including phenoxy) is 1. The average molecular weight is 395 g/mol. The summed E-state index contributed by atoms with van der Waals surface area (Å²) in [4.78, 5) is 35.2. The van der Waals surface area contributed by atoms with Gasteiger partial charge in [0.2, 0.25) is 0 Å². The fourth-order valence-corrected chi connectivity index (χ4v) is 2.21. The Balaban J connectivity index is 2.03. The average Bonchev–Trinajstić information content (AvgIpc) is 2.63. The summed E-state index contributed by atoms with van der Waals surface area (Å²) in [5.74, 6) is -1.03. The van der Waals surface area contributed by atoms with Gasteiger partial charge in [-0.2, -0.15) is 4.99 Å². The summed E-state index contributed by atoms with van der Waals surface area (Å²) < 4.78 is 5.02. The fourth-order valence-electron chi connectivity index (χ4n) is 1.72. The Morgan fingerprint density at radius 2 is 1.92 bits per heavy atom. The molecule has 2 rings (SSSR count). The van der Waals surface area contributed by atoms with E-state index in [1.807, 2.05) is 18.2 Å². The lowest BCUT2D eigenvalue weighted by molar-refractivity contribution is 0.0974. The first kappa shape index (κ1) is 19.5. The number of halogens is 1. The molecule has 0 spiro atoms. The lowest BCUT2D eigenvalue weighted by atomic mass is 10.2. The van der Waals surface area contributed by atoms with E-state index in [-0.39, 0.29) is 34.3 Å². The number of nitrogen functional groups attached to an aromatic ring is 2. The summed E-state index contributed by atoms with van der Waals surface area (Å²) in [5.41, 5.74) is 11.6. The van der Waals surface area contributed by atoms with Crippen LogP contribution in [0.4, 0.5) is 16.4 Å². The molecule has 1 aromatic carbocycles. The maximum Gasteiger partial charge on any atom is 0.436 e. The molecule has 0 aliphatic carbocycles. The Hall–Kier alpha value is -2.85. The van der Waals surface area contributed by atoms with Crippen molar-refractivity contribution in [3.05, 3.63) is 46.7 Å². The normalized spacial score (nSPS) is 11.1. The van der Waals surface area contributed by atoms with Gasteiger partial charge >= 0.3 is 6.09 Å². The second kappa shape index (κ2) is 9.02. The molecule has 1 heterocycles. The number of nitrogens with two attached hydrogens (primary N) is 2. The Labute approximate surface area is 158 Å². The molecule has 0 fully saturated rings. The van der Waals surface area contributed by atoms with E-state index in [1.54, 1.807) is 18.4 Å². The molecular weight excluding hydrogens is 380 g/mol. The number of carbonyl (C=O) groups excluding carboxylic acids is 2. The second-order valence-electron chi connectivity index (χ2n) is 4.75. The molecule has 2 aromatic rings. The summed E-state index contributed by atoms with van der Waals surface area (Å²) in [7, 11) is 0. The SMILES string of the molecule is CSC(=NC(=O)OCc1ccccc1)NC(=O)c1nc(Cl)c(N)nc1N. The van der Waals surface area contributed by atoms with Crippen LogP contribution >= 0.6 is 23.4 Å². The number of amidine groups is 1. The minimum Gasteiger partial charge on any atom is -0.443 e. The van der Waals surface area contributed by atoms with Gasteiger partial charge in [0.15, 0.2) is 27.7 Å². The number of carbonyl (C=O) groups is 2. The molecule has 1 aromatic heterocycles. The van der Waals surface area contributed by atoms with Crippen molar-refractivity contribution >= 4 is 52.2 Å². The molecule has 0 saturated carbocycles. The molecule has 11 heteroatoms. The molecule has 0 aliphatic rings. The number of hydrogen-bond acceptors (Lipinski definition) is 8. The smallest absolute Gasteiger partial charge is 0.436 e. The van der Waals surface area contributed by atoms with Crippen LogP contribution in [0, 0.1) is 0 Å². The molecule has 26 heavy (non-hydrogen) atoms. The van der Waals surface area contributed by atoms with Crippen LogP contribution in [0.25, 0.3) is 0 Å². The highest BCUT2D eigenvalue weighted by Crippen LogP contribution is 2.17. The molecule has 0 unspecified atom stereocenters. The summed E-state index contributed by atoms with van der Waals surface area (Å²) >= 11 is 6.77. The van der Waals surface area contributed by atoms with Crippen LogP contribution in [-0.2, 0) is 11.3 Å². The molecule has 0 bridgehead atoms. The van der Waals surface area contributed by atoms with E-state index in [0.29, 0.717) is 0 Å². The van der Waals surface area contributed by atoms with Crippen LogP contribution in [0.15, 0.2) is 35.3 Å². The maximum absolute atomic E-state index is 12.2. The Morgan fingerprint density at radius 3 is 2.58 bits per heavy atom. The second-order valence-corrected chi connectivity index (χ2v) is 5.90. The largest absolute Gasteiger partial charge is 0.443 e. The summed E-state index contributed by atoms with van der Waals surface area (Å²) in [6.07, 6.45) is 0.766. The zero-order valence-electron chi connectivity index (χ0n) is 13.6. The zero-order valence-corrected chi connectivity index (χ0v) is 15.2. The number of hydrogen-bond donors (Lipinski definition) is 3. The minimum absolute atomic E-state index is 0.00205. The van der Waals surface area contributed by atoms with Crippen molar-refractivity contribution < 1.29 is 14.3 Å². The number of amides is 2. The van der Waals surface area contributed by atoms with Gasteiger partial charge in [-0.1, -0.05) is 53.7 Å². The first-order chi connectivity index (χ1) is 12.4. The topological polar surface area (TPSA) is 146 Å². The molecule has 5 N–H and O–H groups in total. The van der Waals surface area contributed by atoms with Crippen LogP contribution in [0.3, 0.4) is 0 Å². The summed E-state index contributed by atoms with van der Waals surface area (Å²) in [5, 5.41) is 2.23. The van der Waals surface area contributed by atoms with E-state index < -0.39 is 12.0 Å². The molecule has 0 atom stereocenters. The predicted molar refractivity (Wildman–Crippen MR) is 101 cm³/mol. The van der Waals surface area contributed by atoms with Gasteiger partial charge in [0.1, 0.15) is 6.61 Å². The van der Waals surface area contributed by atoms with Crippen LogP contribution in [-0.4, -0.2) is 33.4 Å². The van der Waals surface area contributed by atoms with E-state index >= 15 is 0 Å². The van der Waals surface area contributed by atoms with Crippen molar-refractivity contribution in [2.75, 3.05) is 17.7 Å². The summed E-state index contributed by atoms with van der Waals surface area (Å²) in [6, 6.07) is 9.11. The highest BCUT2D eigenvalue weighted by atomic mass is 35.5. The van der Waals surface area contributed by atoms with E-state index in [1.165, 1.54) is 0 Å². The predicted octanol–water partition coefficient (Wildman–Crippen LogP) is 2.08. The van der Waals surface area contributed by atoms with Crippen LogP contribution in [0.1, 0.15) is 16.1 Å². The van der Waals surface area contributed by atoms with Crippen molar-refractivity contribution in [1.29, 1.82) is 0 Å². The van der Waals surface area contributed by atoms with Crippen LogP contribution in [0.5, 0.6) is 0 Å². The number of benzene rings is 1. The third-order valence-electron chi connectivity index (χ3n) is 2.93. The number of nitrogens with one attached hydrogen (secondary N) is 1. The maximum atomic E-state index is 12.2. The number of aliphatic imine (C=N–C) groups is 1. The van der Waals surface area contributed by atoms with Gasteiger partial charge in [-0.05, 0) is 11.8 Å².